The second kappa shape index (κ2) is 6.13. The molecule has 1 aliphatic heterocycles. The van der Waals surface area contributed by atoms with Gasteiger partial charge in [-0.1, -0.05) is 6.07 Å². The number of hydrogen-bond acceptors (Lipinski definition) is 4. The molecule has 5 nitrogen and oxygen atoms in total. The second-order valence-corrected chi connectivity index (χ2v) is 7.88. The van der Waals surface area contributed by atoms with Crippen LogP contribution in [0.25, 0.3) is 0 Å². The van der Waals surface area contributed by atoms with Gasteiger partial charge in [0.25, 0.3) is 0 Å². The molecular formula is C12H18N2O3S2. The van der Waals surface area contributed by atoms with Crippen molar-refractivity contribution in [2.75, 3.05) is 18.6 Å². The van der Waals surface area contributed by atoms with Crippen molar-refractivity contribution in [1.29, 1.82) is 0 Å². The molecular weight excluding hydrogens is 284 g/mol. The molecule has 2 N–H and O–H groups in total. The highest BCUT2D eigenvalue weighted by atomic mass is 32.2. The number of nitrogens with one attached hydrogen (secondary N) is 2. The van der Waals surface area contributed by atoms with Gasteiger partial charge in [-0.2, -0.15) is 0 Å². The Balaban J connectivity index is 2.01. The van der Waals surface area contributed by atoms with Crippen molar-refractivity contribution in [3.05, 3.63) is 29.3 Å². The molecule has 2 rings (SSSR count). The van der Waals surface area contributed by atoms with Gasteiger partial charge in [0.15, 0.2) is 0 Å². The smallest absolute Gasteiger partial charge is 0.240 e. The molecule has 1 aromatic carbocycles. The normalized spacial score (nSPS) is 16.3. The standard InChI is InChI=1S/C12H18N2O3S2/c1-18(15)6-2-5-14-19(16,17)12-4-3-10-8-13-9-11(10)7-12/h3-4,7,13-14H,2,5-6,8-9H2,1H3. The first-order valence-electron chi connectivity index (χ1n) is 6.11. The van der Waals surface area contributed by atoms with Crippen molar-refractivity contribution >= 4 is 20.8 Å². The fourth-order valence-corrected chi connectivity index (χ4v) is 3.68. The molecule has 0 amide bonds. The van der Waals surface area contributed by atoms with Crippen molar-refractivity contribution < 1.29 is 12.6 Å². The molecule has 1 heterocycles. The number of benzene rings is 1. The molecule has 19 heavy (non-hydrogen) atoms. The van der Waals surface area contributed by atoms with Gasteiger partial charge in [0, 0.05) is 42.4 Å². The van der Waals surface area contributed by atoms with E-state index in [0.717, 1.165) is 17.7 Å². The number of fused-ring (bicyclic) bond motifs is 1. The molecule has 0 spiro atoms. The maximum absolute atomic E-state index is 12.1. The highest BCUT2D eigenvalue weighted by Gasteiger charge is 2.17. The third-order valence-corrected chi connectivity index (χ3v) is 5.34. The van der Waals surface area contributed by atoms with E-state index in [1.54, 1.807) is 18.4 Å². The zero-order chi connectivity index (χ0) is 13.9. The predicted octanol–water partition coefficient (Wildman–Crippen LogP) is 0.337. The molecule has 1 atom stereocenters. The van der Waals surface area contributed by atoms with E-state index in [4.69, 9.17) is 0 Å². The minimum Gasteiger partial charge on any atom is -0.309 e. The molecule has 0 saturated carbocycles. The SMILES string of the molecule is CS(=O)CCCNS(=O)(=O)c1ccc2c(c1)CNC2. The molecule has 1 aliphatic rings. The average Bonchev–Trinajstić information content (AvgIpc) is 2.81. The minimum atomic E-state index is -3.46. The van der Waals surface area contributed by atoms with E-state index in [9.17, 15) is 12.6 Å². The van der Waals surface area contributed by atoms with E-state index in [1.165, 1.54) is 0 Å². The first-order valence-corrected chi connectivity index (χ1v) is 9.32. The molecule has 0 fully saturated rings. The summed E-state index contributed by atoms with van der Waals surface area (Å²) in [6, 6.07) is 5.20. The highest BCUT2D eigenvalue weighted by molar-refractivity contribution is 7.89. The Kier molecular flexibility index (Phi) is 4.72. The highest BCUT2D eigenvalue weighted by Crippen LogP contribution is 2.19. The van der Waals surface area contributed by atoms with E-state index in [-0.39, 0.29) is 0 Å². The second-order valence-electron chi connectivity index (χ2n) is 4.56. The van der Waals surface area contributed by atoms with Crippen LogP contribution in [0.3, 0.4) is 0 Å². The molecule has 106 valence electrons. The minimum absolute atomic E-state index is 0.299. The van der Waals surface area contributed by atoms with Crippen molar-refractivity contribution in [3.8, 4) is 0 Å². The molecule has 0 saturated heterocycles. The third-order valence-electron chi connectivity index (χ3n) is 3.02. The van der Waals surface area contributed by atoms with Gasteiger partial charge in [0.1, 0.15) is 0 Å². The maximum Gasteiger partial charge on any atom is 0.240 e. The van der Waals surface area contributed by atoms with E-state index < -0.39 is 20.8 Å². The summed E-state index contributed by atoms with van der Waals surface area (Å²) in [4.78, 5) is 0.299. The van der Waals surface area contributed by atoms with Crippen LogP contribution in [0.15, 0.2) is 23.1 Å². The van der Waals surface area contributed by atoms with Crippen molar-refractivity contribution in [2.24, 2.45) is 0 Å². The van der Waals surface area contributed by atoms with Crippen LogP contribution in [0, 0.1) is 0 Å². The third kappa shape index (κ3) is 3.85. The maximum atomic E-state index is 12.1. The van der Waals surface area contributed by atoms with Crippen LogP contribution in [0.5, 0.6) is 0 Å². The lowest BCUT2D eigenvalue weighted by Crippen LogP contribution is -2.25. The fraction of sp³-hybridized carbons (Fsp3) is 0.500. The van der Waals surface area contributed by atoms with Crippen LogP contribution < -0.4 is 10.0 Å². The van der Waals surface area contributed by atoms with Crippen LogP contribution in [-0.4, -0.2) is 31.2 Å². The van der Waals surface area contributed by atoms with E-state index in [2.05, 4.69) is 10.0 Å². The molecule has 7 heteroatoms. The quantitative estimate of drug-likeness (QED) is 0.743. The molecule has 1 unspecified atom stereocenters. The van der Waals surface area contributed by atoms with Crippen molar-refractivity contribution in [3.63, 3.8) is 0 Å². The first kappa shape index (κ1) is 14.6. The Morgan fingerprint density at radius 2 is 2.05 bits per heavy atom. The fourth-order valence-electron chi connectivity index (χ4n) is 2.00. The average molecular weight is 302 g/mol. The summed E-state index contributed by atoms with van der Waals surface area (Å²) in [5.74, 6) is 0.511. The monoisotopic (exact) mass is 302 g/mol. The summed E-state index contributed by atoms with van der Waals surface area (Å²) in [7, 11) is -4.34. The van der Waals surface area contributed by atoms with Crippen molar-refractivity contribution in [1.82, 2.24) is 10.0 Å². The lowest BCUT2D eigenvalue weighted by Gasteiger charge is -2.07. The van der Waals surface area contributed by atoms with Gasteiger partial charge in [0.05, 0.1) is 4.90 Å². The van der Waals surface area contributed by atoms with Gasteiger partial charge in [-0.3, -0.25) is 4.21 Å². The summed E-state index contributed by atoms with van der Waals surface area (Å²) in [6.07, 6.45) is 2.19. The summed E-state index contributed by atoms with van der Waals surface area (Å²) in [5.41, 5.74) is 2.19. The summed E-state index contributed by atoms with van der Waals surface area (Å²) in [6.45, 7) is 1.83. The molecule has 1 aromatic rings. The number of rotatable bonds is 6. The first-order chi connectivity index (χ1) is 8.99. The van der Waals surface area contributed by atoms with Crippen LogP contribution >= 0.6 is 0 Å². The topological polar surface area (TPSA) is 75.3 Å². The van der Waals surface area contributed by atoms with Gasteiger partial charge in [-0.05, 0) is 29.7 Å². The van der Waals surface area contributed by atoms with Gasteiger partial charge in [0.2, 0.25) is 10.0 Å². The Hall–Kier alpha value is -0.760. The van der Waals surface area contributed by atoms with Crippen LogP contribution in [0.4, 0.5) is 0 Å². The van der Waals surface area contributed by atoms with E-state index in [1.807, 2.05) is 6.07 Å². The Labute approximate surface area is 116 Å². The Bertz CT molecular complexity index is 585. The van der Waals surface area contributed by atoms with Crippen molar-refractivity contribution in [2.45, 2.75) is 24.4 Å². The molecule has 0 aliphatic carbocycles. The largest absolute Gasteiger partial charge is 0.309 e. The van der Waals surface area contributed by atoms with Gasteiger partial charge in [-0.25, -0.2) is 13.1 Å². The summed E-state index contributed by atoms with van der Waals surface area (Å²) in [5, 5.41) is 3.18. The summed E-state index contributed by atoms with van der Waals surface area (Å²) >= 11 is 0. The van der Waals surface area contributed by atoms with E-state index >= 15 is 0 Å². The van der Waals surface area contributed by atoms with Crippen LogP contribution in [0.1, 0.15) is 17.5 Å². The number of sulfonamides is 1. The van der Waals surface area contributed by atoms with Gasteiger partial charge >= 0.3 is 0 Å². The molecule has 0 bridgehead atoms. The zero-order valence-electron chi connectivity index (χ0n) is 10.8. The zero-order valence-corrected chi connectivity index (χ0v) is 12.4. The Morgan fingerprint density at radius 1 is 1.32 bits per heavy atom. The molecule has 0 aromatic heterocycles. The van der Waals surface area contributed by atoms with Gasteiger partial charge < -0.3 is 5.32 Å². The summed E-state index contributed by atoms with van der Waals surface area (Å²) < 4.78 is 37.6. The lowest BCUT2D eigenvalue weighted by atomic mass is 10.1. The van der Waals surface area contributed by atoms with Crippen LogP contribution in [0.2, 0.25) is 0 Å². The van der Waals surface area contributed by atoms with E-state index in [0.29, 0.717) is 30.2 Å². The lowest BCUT2D eigenvalue weighted by molar-refractivity contribution is 0.580. The molecule has 0 radical (unpaired) electrons. The number of hydrogen-bond donors (Lipinski definition) is 2. The van der Waals surface area contributed by atoms with Crippen LogP contribution in [-0.2, 0) is 33.9 Å². The van der Waals surface area contributed by atoms with Gasteiger partial charge in [-0.15, -0.1) is 0 Å². The Morgan fingerprint density at radius 3 is 2.79 bits per heavy atom. The predicted molar refractivity (Wildman–Crippen MR) is 75.7 cm³/mol.